The molecule has 0 spiro atoms. The third-order valence-electron chi connectivity index (χ3n) is 3.94. The Balaban J connectivity index is 1.94. The molecule has 0 amide bonds. The molecule has 0 aliphatic carbocycles. The minimum Gasteiger partial charge on any atom is -0.206 e. The summed E-state index contributed by atoms with van der Waals surface area (Å²) in [6.45, 7) is 4.25. The molecule has 0 bridgehead atoms. The predicted octanol–water partition coefficient (Wildman–Crippen LogP) is 6.35. The van der Waals surface area contributed by atoms with E-state index in [0.717, 1.165) is 28.8 Å². The van der Waals surface area contributed by atoms with Gasteiger partial charge in [0.15, 0.2) is 0 Å². The number of halogens is 1. The number of benzene rings is 2. The fraction of sp³-hybridized carbons (Fsp3) is 0.200. The van der Waals surface area contributed by atoms with Crippen LogP contribution in [0.5, 0.6) is 0 Å². The lowest BCUT2D eigenvalue weighted by Crippen LogP contribution is -1.86. The van der Waals surface area contributed by atoms with Crippen molar-refractivity contribution in [3.63, 3.8) is 0 Å². The number of rotatable bonds is 4. The van der Waals surface area contributed by atoms with Gasteiger partial charge in [-0.25, -0.2) is 4.39 Å². The van der Waals surface area contributed by atoms with Crippen LogP contribution in [0, 0.1) is 5.82 Å². The molecule has 0 fully saturated rings. The summed E-state index contributed by atoms with van der Waals surface area (Å²) >= 11 is 1.67. The van der Waals surface area contributed by atoms with Crippen LogP contribution in [0.3, 0.4) is 0 Å². The second-order valence-corrected chi connectivity index (χ2v) is 6.53. The highest BCUT2D eigenvalue weighted by Crippen LogP contribution is 2.32. The quantitative estimate of drug-likeness (QED) is 0.527. The normalized spacial score (nSPS) is 10.9. The van der Waals surface area contributed by atoms with E-state index in [4.69, 9.17) is 0 Å². The molecule has 3 rings (SSSR count). The zero-order valence-corrected chi connectivity index (χ0v) is 13.7. The van der Waals surface area contributed by atoms with Crippen LogP contribution in [0.2, 0.25) is 0 Å². The van der Waals surface area contributed by atoms with Crippen LogP contribution in [0.15, 0.2) is 54.6 Å². The van der Waals surface area contributed by atoms with Gasteiger partial charge in [-0.1, -0.05) is 44.2 Å². The van der Waals surface area contributed by atoms with Gasteiger partial charge >= 0.3 is 0 Å². The van der Waals surface area contributed by atoms with Crippen molar-refractivity contribution in [1.82, 2.24) is 0 Å². The molecule has 0 saturated carbocycles. The van der Waals surface area contributed by atoms with Gasteiger partial charge in [-0.05, 0) is 53.8 Å². The van der Waals surface area contributed by atoms with Crippen molar-refractivity contribution in [2.24, 2.45) is 0 Å². The summed E-state index contributed by atoms with van der Waals surface area (Å²) in [6, 6.07) is 18.0. The van der Waals surface area contributed by atoms with E-state index in [9.17, 15) is 4.39 Å². The third-order valence-corrected chi connectivity index (χ3v) is 5.20. The van der Waals surface area contributed by atoms with Gasteiger partial charge in [0.2, 0.25) is 0 Å². The first kappa shape index (κ1) is 15.0. The Morgan fingerprint density at radius 2 is 1.55 bits per heavy atom. The molecule has 1 aromatic heterocycles. The first-order valence-electron chi connectivity index (χ1n) is 7.69. The molecule has 2 aromatic carbocycles. The SMILES string of the molecule is CCc1ccc(-c2ccc(-c3ccc(CC)s3)c(F)c2)cc1. The largest absolute Gasteiger partial charge is 0.206 e. The summed E-state index contributed by atoms with van der Waals surface area (Å²) < 4.78 is 14.5. The number of aryl methyl sites for hydroxylation is 2. The second kappa shape index (κ2) is 6.45. The smallest absolute Gasteiger partial charge is 0.132 e. The average molecular weight is 310 g/mol. The molecule has 0 aliphatic rings. The Hall–Kier alpha value is -1.93. The van der Waals surface area contributed by atoms with Crippen LogP contribution >= 0.6 is 11.3 Å². The number of hydrogen-bond acceptors (Lipinski definition) is 1. The van der Waals surface area contributed by atoms with Gasteiger partial charge in [0.05, 0.1) is 0 Å². The molecule has 0 radical (unpaired) electrons. The zero-order valence-electron chi connectivity index (χ0n) is 12.9. The van der Waals surface area contributed by atoms with Crippen LogP contribution < -0.4 is 0 Å². The van der Waals surface area contributed by atoms with E-state index in [1.54, 1.807) is 17.4 Å². The van der Waals surface area contributed by atoms with E-state index in [-0.39, 0.29) is 5.82 Å². The van der Waals surface area contributed by atoms with E-state index in [1.165, 1.54) is 10.4 Å². The monoisotopic (exact) mass is 310 g/mol. The molecule has 112 valence electrons. The molecule has 0 saturated heterocycles. The Labute approximate surface area is 135 Å². The van der Waals surface area contributed by atoms with Crippen molar-refractivity contribution in [2.75, 3.05) is 0 Å². The summed E-state index contributed by atoms with van der Waals surface area (Å²) in [5.41, 5.74) is 3.98. The highest BCUT2D eigenvalue weighted by atomic mass is 32.1. The average Bonchev–Trinajstić information content (AvgIpc) is 3.03. The molecule has 0 N–H and O–H groups in total. The molecule has 0 aliphatic heterocycles. The van der Waals surface area contributed by atoms with Crippen molar-refractivity contribution in [3.8, 4) is 21.6 Å². The summed E-state index contributed by atoms with van der Waals surface area (Å²) in [5, 5.41) is 0. The van der Waals surface area contributed by atoms with Crippen molar-refractivity contribution < 1.29 is 4.39 Å². The molecule has 0 atom stereocenters. The van der Waals surface area contributed by atoms with Crippen LogP contribution in [-0.2, 0) is 12.8 Å². The highest BCUT2D eigenvalue weighted by molar-refractivity contribution is 7.15. The molecular weight excluding hydrogens is 291 g/mol. The lowest BCUT2D eigenvalue weighted by Gasteiger charge is -2.06. The van der Waals surface area contributed by atoms with Gasteiger partial charge in [-0.3, -0.25) is 0 Å². The first-order chi connectivity index (χ1) is 10.7. The number of thiophene rings is 1. The number of hydrogen-bond donors (Lipinski definition) is 0. The molecule has 0 nitrogen and oxygen atoms in total. The van der Waals surface area contributed by atoms with Gasteiger partial charge in [0.1, 0.15) is 5.82 Å². The standard InChI is InChI=1S/C20H19FS/c1-3-14-5-7-15(8-6-14)16-9-11-18(19(21)13-16)20-12-10-17(4-2)22-20/h5-13H,3-4H2,1-2H3. The summed E-state index contributed by atoms with van der Waals surface area (Å²) in [6.07, 6.45) is 2.01. The molecule has 3 aromatic rings. The highest BCUT2D eigenvalue weighted by Gasteiger charge is 2.09. The minimum absolute atomic E-state index is 0.151. The molecule has 1 heterocycles. The van der Waals surface area contributed by atoms with Gasteiger partial charge in [-0.15, -0.1) is 11.3 Å². The van der Waals surface area contributed by atoms with Crippen molar-refractivity contribution in [2.45, 2.75) is 26.7 Å². The van der Waals surface area contributed by atoms with E-state index in [1.807, 2.05) is 18.2 Å². The van der Waals surface area contributed by atoms with E-state index in [2.05, 4.69) is 44.2 Å². The predicted molar refractivity (Wildman–Crippen MR) is 93.9 cm³/mol. The van der Waals surface area contributed by atoms with Gasteiger partial charge in [0.25, 0.3) is 0 Å². The zero-order chi connectivity index (χ0) is 15.5. The first-order valence-corrected chi connectivity index (χ1v) is 8.51. The fourth-order valence-corrected chi connectivity index (χ4v) is 3.51. The van der Waals surface area contributed by atoms with Gasteiger partial charge in [0, 0.05) is 15.3 Å². The van der Waals surface area contributed by atoms with Crippen molar-refractivity contribution >= 4 is 11.3 Å². The lowest BCUT2D eigenvalue weighted by molar-refractivity contribution is 0.632. The molecule has 2 heteroatoms. The fourth-order valence-electron chi connectivity index (χ4n) is 2.54. The Morgan fingerprint density at radius 3 is 2.14 bits per heavy atom. The van der Waals surface area contributed by atoms with Crippen LogP contribution in [0.4, 0.5) is 4.39 Å². The van der Waals surface area contributed by atoms with Gasteiger partial charge in [-0.2, -0.15) is 0 Å². The van der Waals surface area contributed by atoms with E-state index >= 15 is 0 Å². The Kier molecular flexibility index (Phi) is 4.39. The molecular formula is C20H19FS. The summed E-state index contributed by atoms with van der Waals surface area (Å²) in [7, 11) is 0. The maximum atomic E-state index is 14.5. The maximum Gasteiger partial charge on any atom is 0.132 e. The Bertz CT molecular complexity index is 769. The van der Waals surface area contributed by atoms with Crippen LogP contribution in [-0.4, -0.2) is 0 Å². The van der Waals surface area contributed by atoms with Crippen LogP contribution in [0.1, 0.15) is 24.3 Å². The van der Waals surface area contributed by atoms with Crippen molar-refractivity contribution in [3.05, 3.63) is 70.9 Å². The van der Waals surface area contributed by atoms with Gasteiger partial charge < -0.3 is 0 Å². The summed E-state index contributed by atoms with van der Waals surface area (Å²) in [5.74, 6) is -0.151. The van der Waals surface area contributed by atoms with E-state index in [0.29, 0.717) is 5.56 Å². The molecule has 22 heavy (non-hydrogen) atoms. The van der Waals surface area contributed by atoms with E-state index < -0.39 is 0 Å². The van der Waals surface area contributed by atoms with Crippen LogP contribution in [0.25, 0.3) is 21.6 Å². The summed E-state index contributed by atoms with van der Waals surface area (Å²) in [4.78, 5) is 2.29. The lowest BCUT2D eigenvalue weighted by atomic mass is 10.0. The Morgan fingerprint density at radius 1 is 0.818 bits per heavy atom. The molecule has 0 unspecified atom stereocenters. The topological polar surface area (TPSA) is 0 Å². The maximum absolute atomic E-state index is 14.5. The minimum atomic E-state index is -0.151. The third kappa shape index (κ3) is 2.97. The van der Waals surface area contributed by atoms with Crippen molar-refractivity contribution in [1.29, 1.82) is 0 Å². The second-order valence-electron chi connectivity index (χ2n) is 5.36.